The van der Waals surface area contributed by atoms with E-state index in [1.54, 1.807) is 13.8 Å². The lowest BCUT2D eigenvalue weighted by Crippen LogP contribution is -2.40. The van der Waals surface area contributed by atoms with Gasteiger partial charge in [-0.1, -0.05) is 5.16 Å². The molecule has 1 atom stereocenters. The van der Waals surface area contributed by atoms with Crippen LogP contribution in [-0.2, 0) is 23.0 Å². The Kier molecular flexibility index (Phi) is 5.34. The van der Waals surface area contributed by atoms with E-state index in [4.69, 9.17) is 14.5 Å². The molecule has 158 valence electrons. The van der Waals surface area contributed by atoms with Crippen LogP contribution in [0, 0.1) is 13.8 Å². The van der Waals surface area contributed by atoms with Gasteiger partial charge in [-0.3, -0.25) is 0 Å². The summed E-state index contributed by atoms with van der Waals surface area (Å²) in [7, 11) is 0.301. The molecule has 0 bridgehead atoms. The Bertz CT molecular complexity index is 982. The van der Waals surface area contributed by atoms with Crippen LogP contribution in [0.5, 0.6) is 0 Å². The van der Waals surface area contributed by atoms with E-state index in [9.17, 15) is 8.42 Å². The van der Waals surface area contributed by atoms with Gasteiger partial charge in [0.1, 0.15) is 22.2 Å². The Balaban J connectivity index is 1.64. The van der Waals surface area contributed by atoms with E-state index in [1.165, 1.54) is 4.31 Å². The zero-order valence-electron chi connectivity index (χ0n) is 17.4. The van der Waals surface area contributed by atoms with E-state index in [2.05, 4.69) is 22.4 Å². The number of sulfonamides is 1. The number of rotatable bonds is 4. The molecule has 4 rings (SSSR count). The van der Waals surface area contributed by atoms with Crippen LogP contribution in [-0.4, -0.2) is 66.5 Å². The highest BCUT2D eigenvalue weighted by Gasteiger charge is 2.36. The fourth-order valence-electron chi connectivity index (χ4n) is 4.30. The number of nitrogens with zero attached hydrogens (tertiary/aromatic N) is 5. The van der Waals surface area contributed by atoms with Crippen molar-refractivity contribution in [3.05, 3.63) is 28.5 Å². The molecule has 1 saturated heterocycles. The maximum absolute atomic E-state index is 13.2. The van der Waals surface area contributed by atoms with Crippen molar-refractivity contribution in [3.63, 3.8) is 0 Å². The summed E-state index contributed by atoms with van der Waals surface area (Å²) in [6.45, 7) is 5.93. The number of aromatic nitrogens is 3. The summed E-state index contributed by atoms with van der Waals surface area (Å²) in [6, 6.07) is 0. The minimum Gasteiger partial charge on any atom is -0.373 e. The maximum atomic E-state index is 13.2. The second-order valence-electron chi connectivity index (χ2n) is 7.95. The molecule has 0 aromatic carbocycles. The molecule has 0 unspecified atom stereocenters. The molecule has 29 heavy (non-hydrogen) atoms. The Hall–Kier alpha value is -2.04. The Morgan fingerprint density at radius 3 is 2.69 bits per heavy atom. The largest absolute Gasteiger partial charge is 0.373 e. The first kappa shape index (κ1) is 20.2. The molecule has 4 heterocycles. The van der Waals surface area contributed by atoms with Crippen LogP contribution in [0.15, 0.2) is 9.42 Å². The minimum atomic E-state index is -3.66. The van der Waals surface area contributed by atoms with E-state index in [0.717, 1.165) is 55.3 Å². The number of piperidine rings is 1. The zero-order chi connectivity index (χ0) is 20.8. The van der Waals surface area contributed by atoms with E-state index < -0.39 is 10.0 Å². The number of fused-ring (bicyclic) bond motifs is 1. The summed E-state index contributed by atoms with van der Waals surface area (Å²) < 4.78 is 33.1. The average Bonchev–Trinajstić information content (AvgIpc) is 3.06. The zero-order valence-corrected chi connectivity index (χ0v) is 18.2. The third-order valence-electron chi connectivity index (χ3n) is 5.82. The van der Waals surface area contributed by atoms with Gasteiger partial charge in [0, 0.05) is 51.1 Å². The molecule has 1 N–H and O–H groups in total. The van der Waals surface area contributed by atoms with E-state index in [1.807, 2.05) is 7.05 Å². The molecule has 0 spiro atoms. The Morgan fingerprint density at radius 1 is 1.21 bits per heavy atom. The standard InChI is InChI=1S/C19H28N6O3S/c1-12-17(13(2)28-23-12)29(26,27)25-8-5-6-14(10-25)18-21-16-7-9-24(4)11-15(16)19(20-3)22-18/h14H,5-11H2,1-4H3,(H,20,21,22)/t14-/m1/s1. The SMILES string of the molecule is CNc1nc([C@@H]2CCCN(S(=O)(=O)c3c(C)noc3C)C2)nc2c1CN(C)CC2. The quantitative estimate of drug-likeness (QED) is 0.797. The average molecular weight is 421 g/mol. The highest BCUT2D eigenvalue weighted by atomic mass is 32.2. The molecule has 0 aliphatic carbocycles. The van der Waals surface area contributed by atoms with Crippen molar-refractivity contribution >= 4 is 15.8 Å². The van der Waals surface area contributed by atoms with Crippen LogP contribution in [0.2, 0.25) is 0 Å². The molecule has 1 fully saturated rings. The summed E-state index contributed by atoms with van der Waals surface area (Å²) >= 11 is 0. The second kappa shape index (κ2) is 7.66. The molecule has 0 amide bonds. The van der Waals surface area contributed by atoms with Gasteiger partial charge in [-0.15, -0.1) is 0 Å². The summed E-state index contributed by atoms with van der Waals surface area (Å²) in [5.41, 5.74) is 2.61. The van der Waals surface area contributed by atoms with Crippen molar-refractivity contribution in [3.8, 4) is 0 Å². The van der Waals surface area contributed by atoms with Crippen LogP contribution in [0.1, 0.15) is 47.3 Å². The molecular weight excluding hydrogens is 392 g/mol. The molecule has 0 radical (unpaired) electrons. The van der Waals surface area contributed by atoms with Crippen molar-refractivity contribution in [1.29, 1.82) is 0 Å². The van der Waals surface area contributed by atoms with Crippen molar-refractivity contribution in [2.45, 2.75) is 50.5 Å². The third kappa shape index (κ3) is 3.64. The summed E-state index contributed by atoms with van der Waals surface area (Å²) in [4.78, 5) is 12.1. The lowest BCUT2D eigenvalue weighted by atomic mass is 9.97. The number of aryl methyl sites for hydroxylation is 2. The van der Waals surface area contributed by atoms with E-state index >= 15 is 0 Å². The van der Waals surface area contributed by atoms with Gasteiger partial charge < -0.3 is 14.7 Å². The van der Waals surface area contributed by atoms with Gasteiger partial charge in [0.05, 0.1) is 5.69 Å². The summed E-state index contributed by atoms with van der Waals surface area (Å²) in [5, 5.41) is 7.02. The van der Waals surface area contributed by atoms with Crippen LogP contribution in [0.3, 0.4) is 0 Å². The fourth-order valence-corrected chi connectivity index (χ4v) is 6.12. The first-order valence-corrected chi connectivity index (χ1v) is 11.4. The fraction of sp³-hybridized carbons (Fsp3) is 0.632. The highest BCUT2D eigenvalue weighted by Crippen LogP contribution is 2.33. The molecule has 0 saturated carbocycles. The summed E-state index contributed by atoms with van der Waals surface area (Å²) in [5.74, 6) is 1.88. The van der Waals surface area contributed by atoms with Gasteiger partial charge in [-0.25, -0.2) is 18.4 Å². The van der Waals surface area contributed by atoms with Crippen LogP contribution in [0.25, 0.3) is 0 Å². The number of hydrogen-bond acceptors (Lipinski definition) is 8. The molecule has 10 heteroatoms. The topological polar surface area (TPSA) is 104 Å². The predicted octanol–water partition coefficient (Wildman–Crippen LogP) is 1.68. The van der Waals surface area contributed by atoms with Crippen molar-refractivity contribution in [2.24, 2.45) is 0 Å². The van der Waals surface area contributed by atoms with Gasteiger partial charge >= 0.3 is 0 Å². The van der Waals surface area contributed by atoms with Gasteiger partial charge in [0.15, 0.2) is 5.76 Å². The monoisotopic (exact) mass is 420 g/mol. The highest BCUT2D eigenvalue weighted by molar-refractivity contribution is 7.89. The molecular formula is C19H28N6O3S. The van der Waals surface area contributed by atoms with E-state index in [-0.39, 0.29) is 10.8 Å². The molecule has 2 aliphatic heterocycles. The number of likely N-dealkylation sites (N-methyl/N-ethyl adjacent to an activating group) is 1. The van der Waals surface area contributed by atoms with Gasteiger partial charge in [-0.2, -0.15) is 4.31 Å². The van der Waals surface area contributed by atoms with Crippen LogP contribution < -0.4 is 5.32 Å². The molecule has 2 aliphatic rings. The second-order valence-corrected chi connectivity index (χ2v) is 9.82. The lowest BCUT2D eigenvalue weighted by molar-refractivity contribution is 0.299. The summed E-state index contributed by atoms with van der Waals surface area (Å²) in [6.07, 6.45) is 2.52. The van der Waals surface area contributed by atoms with Gasteiger partial charge in [0.25, 0.3) is 0 Å². The molecule has 2 aromatic rings. The van der Waals surface area contributed by atoms with Crippen molar-refractivity contribution in [1.82, 2.24) is 24.3 Å². The normalized spacial score (nSPS) is 21.2. The molecule has 9 nitrogen and oxygen atoms in total. The van der Waals surface area contributed by atoms with Crippen molar-refractivity contribution < 1.29 is 12.9 Å². The molecule has 2 aromatic heterocycles. The maximum Gasteiger partial charge on any atom is 0.248 e. The third-order valence-corrected chi connectivity index (χ3v) is 7.93. The number of hydrogen-bond donors (Lipinski definition) is 1. The van der Waals surface area contributed by atoms with E-state index in [0.29, 0.717) is 24.5 Å². The first-order chi connectivity index (χ1) is 13.8. The van der Waals surface area contributed by atoms with Crippen LogP contribution >= 0.6 is 0 Å². The predicted molar refractivity (Wildman–Crippen MR) is 108 cm³/mol. The van der Waals surface area contributed by atoms with Gasteiger partial charge in [0.2, 0.25) is 10.0 Å². The lowest BCUT2D eigenvalue weighted by Gasteiger charge is -2.32. The Labute approximate surface area is 171 Å². The number of anilines is 1. The number of nitrogens with one attached hydrogen (secondary N) is 1. The smallest absolute Gasteiger partial charge is 0.248 e. The van der Waals surface area contributed by atoms with Crippen LogP contribution in [0.4, 0.5) is 5.82 Å². The van der Waals surface area contributed by atoms with Gasteiger partial charge in [-0.05, 0) is 33.7 Å². The van der Waals surface area contributed by atoms with Crippen molar-refractivity contribution in [2.75, 3.05) is 39.0 Å². The Morgan fingerprint density at radius 2 is 2.00 bits per heavy atom. The first-order valence-electron chi connectivity index (χ1n) is 10.00. The minimum absolute atomic E-state index is 0.0314.